The van der Waals surface area contributed by atoms with Crippen LogP contribution in [0.25, 0.3) is 0 Å². The number of hydrogen-bond donors (Lipinski definition) is 1. The molecule has 1 fully saturated rings. The van der Waals surface area contributed by atoms with Crippen LogP contribution in [0.15, 0.2) is 12.1 Å². The lowest BCUT2D eigenvalue weighted by Crippen LogP contribution is -2.25. The van der Waals surface area contributed by atoms with E-state index in [9.17, 15) is 4.39 Å². The predicted molar refractivity (Wildman–Crippen MR) is 65.1 cm³/mol. The van der Waals surface area contributed by atoms with Crippen LogP contribution in [0.5, 0.6) is 0 Å². The number of benzene rings is 1. The van der Waals surface area contributed by atoms with E-state index < -0.39 is 0 Å². The minimum Gasteiger partial charge on any atom is -0.325 e. The molecule has 0 unspecified atom stereocenters. The molecular formula is C14H20FN. The molecule has 0 heterocycles. The maximum atomic E-state index is 13.7. The van der Waals surface area contributed by atoms with Crippen LogP contribution in [-0.4, -0.2) is 5.54 Å². The van der Waals surface area contributed by atoms with Gasteiger partial charge in [0.25, 0.3) is 0 Å². The minimum atomic E-state index is -0.0851. The number of nitrogens with two attached hydrogens (primary N) is 1. The van der Waals surface area contributed by atoms with E-state index in [1.807, 2.05) is 26.8 Å². The number of rotatable bonds is 3. The standard InChI is InChI=1S/C14H20FN/c1-9(2)12-7-11(8-14(16)4-5-14)10(3)6-13(12)15/h6-7,9H,4-5,8,16H2,1-3H3. The third kappa shape index (κ3) is 2.27. The van der Waals surface area contributed by atoms with Crippen molar-refractivity contribution in [2.45, 2.75) is 51.5 Å². The molecule has 1 aromatic rings. The summed E-state index contributed by atoms with van der Waals surface area (Å²) in [6, 6.07) is 3.65. The van der Waals surface area contributed by atoms with Crippen LogP contribution in [-0.2, 0) is 6.42 Å². The van der Waals surface area contributed by atoms with Crippen LogP contribution in [0.2, 0.25) is 0 Å². The Balaban J connectivity index is 2.33. The van der Waals surface area contributed by atoms with Crippen LogP contribution in [0, 0.1) is 12.7 Å². The first-order chi connectivity index (χ1) is 7.41. The van der Waals surface area contributed by atoms with Gasteiger partial charge in [0, 0.05) is 5.54 Å². The van der Waals surface area contributed by atoms with Crippen LogP contribution < -0.4 is 5.73 Å². The highest BCUT2D eigenvalue weighted by Crippen LogP contribution is 2.37. The average Bonchev–Trinajstić information content (AvgIpc) is 2.88. The van der Waals surface area contributed by atoms with Gasteiger partial charge >= 0.3 is 0 Å². The molecule has 16 heavy (non-hydrogen) atoms. The highest BCUT2D eigenvalue weighted by atomic mass is 19.1. The lowest BCUT2D eigenvalue weighted by Gasteiger charge is -2.15. The number of hydrogen-bond acceptors (Lipinski definition) is 1. The van der Waals surface area contributed by atoms with Crippen molar-refractivity contribution in [3.63, 3.8) is 0 Å². The van der Waals surface area contributed by atoms with E-state index in [4.69, 9.17) is 5.73 Å². The molecule has 2 heteroatoms. The second-order valence-electron chi connectivity index (χ2n) is 5.49. The van der Waals surface area contributed by atoms with Gasteiger partial charge in [0.05, 0.1) is 0 Å². The number of aryl methyl sites for hydroxylation is 1. The molecule has 1 aromatic carbocycles. The molecule has 1 aliphatic rings. The fourth-order valence-corrected chi connectivity index (χ4v) is 2.09. The summed E-state index contributed by atoms with van der Waals surface area (Å²) in [6.07, 6.45) is 3.08. The Hall–Kier alpha value is -0.890. The molecule has 0 atom stereocenters. The van der Waals surface area contributed by atoms with E-state index in [0.717, 1.165) is 30.4 Å². The highest BCUT2D eigenvalue weighted by Gasteiger charge is 2.38. The summed E-state index contributed by atoms with van der Waals surface area (Å²) in [5.74, 6) is 0.144. The van der Waals surface area contributed by atoms with Crippen LogP contribution >= 0.6 is 0 Å². The van der Waals surface area contributed by atoms with Gasteiger partial charge in [-0.1, -0.05) is 19.9 Å². The number of halogens is 1. The van der Waals surface area contributed by atoms with Crippen LogP contribution in [0.4, 0.5) is 4.39 Å². The molecule has 0 aliphatic heterocycles. The summed E-state index contributed by atoms with van der Waals surface area (Å²) in [5.41, 5.74) is 9.16. The Bertz CT molecular complexity index is 405. The monoisotopic (exact) mass is 221 g/mol. The minimum absolute atomic E-state index is 0.00314. The maximum absolute atomic E-state index is 13.7. The molecule has 1 saturated carbocycles. The topological polar surface area (TPSA) is 26.0 Å². The zero-order valence-electron chi connectivity index (χ0n) is 10.3. The molecular weight excluding hydrogens is 201 g/mol. The van der Waals surface area contributed by atoms with Crippen LogP contribution in [0.1, 0.15) is 49.3 Å². The van der Waals surface area contributed by atoms with Crippen molar-refractivity contribution in [2.75, 3.05) is 0 Å². The van der Waals surface area contributed by atoms with Gasteiger partial charge in [-0.25, -0.2) is 4.39 Å². The summed E-state index contributed by atoms with van der Waals surface area (Å²) in [6.45, 7) is 6.01. The van der Waals surface area contributed by atoms with Gasteiger partial charge in [0.2, 0.25) is 0 Å². The van der Waals surface area contributed by atoms with Gasteiger partial charge in [-0.3, -0.25) is 0 Å². The SMILES string of the molecule is Cc1cc(F)c(C(C)C)cc1CC1(N)CC1. The van der Waals surface area contributed by atoms with E-state index >= 15 is 0 Å². The summed E-state index contributed by atoms with van der Waals surface area (Å²) in [7, 11) is 0. The first-order valence-corrected chi connectivity index (χ1v) is 5.99. The third-order valence-electron chi connectivity index (χ3n) is 3.51. The van der Waals surface area contributed by atoms with Gasteiger partial charge in [-0.2, -0.15) is 0 Å². The Morgan fingerprint density at radius 1 is 1.38 bits per heavy atom. The normalized spacial score (nSPS) is 17.9. The molecule has 2 N–H and O–H groups in total. The first kappa shape index (κ1) is 11.6. The van der Waals surface area contributed by atoms with Crippen molar-refractivity contribution in [2.24, 2.45) is 5.73 Å². The Kier molecular flexibility index (Phi) is 2.79. The first-order valence-electron chi connectivity index (χ1n) is 5.99. The zero-order chi connectivity index (χ0) is 11.9. The van der Waals surface area contributed by atoms with Crippen molar-refractivity contribution in [1.82, 2.24) is 0 Å². The molecule has 0 aromatic heterocycles. The Morgan fingerprint density at radius 2 is 2.00 bits per heavy atom. The highest BCUT2D eigenvalue weighted by molar-refractivity contribution is 5.36. The summed E-state index contributed by atoms with van der Waals surface area (Å²) < 4.78 is 13.7. The Labute approximate surface area is 96.9 Å². The second kappa shape index (κ2) is 3.85. The Morgan fingerprint density at radius 3 is 2.50 bits per heavy atom. The van der Waals surface area contributed by atoms with Crippen molar-refractivity contribution in [1.29, 1.82) is 0 Å². The molecule has 1 nitrogen and oxygen atoms in total. The van der Waals surface area contributed by atoms with Crippen molar-refractivity contribution >= 4 is 0 Å². The van der Waals surface area contributed by atoms with Gasteiger partial charge < -0.3 is 5.73 Å². The molecule has 0 radical (unpaired) electrons. The van der Waals surface area contributed by atoms with Gasteiger partial charge in [-0.05, 0) is 54.9 Å². The van der Waals surface area contributed by atoms with E-state index in [-0.39, 0.29) is 17.3 Å². The zero-order valence-corrected chi connectivity index (χ0v) is 10.3. The molecule has 0 saturated heterocycles. The van der Waals surface area contributed by atoms with Gasteiger partial charge in [0.1, 0.15) is 5.82 Å². The van der Waals surface area contributed by atoms with E-state index in [1.54, 1.807) is 6.07 Å². The fraction of sp³-hybridized carbons (Fsp3) is 0.571. The van der Waals surface area contributed by atoms with E-state index in [2.05, 4.69) is 0 Å². The quantitative estimate of drug-likeness (QED) is 0.832. The van der Waals surface area contributed by atoms with Crippen molar-refractivity contribution < 1.29 is 4.39 Å². The molecule has 88 valence electrons. The van der Waals surface area contributed by atoms with E-state index in [0.29, 0.717) is 0 Å². The molecule has 0 spiro atoms. The molecule has 0 amide bonds. The summed E-state index contributed by atoms with van der Waals surface area (Å²) in [4.78, 5) is 0. The molecule has 0 bridgehead atoms. The lowest BCUT2D eigenvalue weighted by molar-refractivity contribution is 0.592. The van der Waals surface area contributed by atoms with Gasteiger partial charge in [-0.15, -0.1) is 0 Å². The van der Waals surface area contributed by atoms with E-state index in [1.165, 1.54) is 5.56 Å². The maximum Gasteiger partial charge on any atom is 0.126 e. The molecule has 1 aliphatic carbocycles. The fourth-order valence-electron chi connectivity index (χ4n) is 2.09. The summed E-state index contributed by atoms with van der Waals surface area (Å²) in [5, 5.41) is 0. The van der Waals surface area contributed by atoms with Gasteiger partial charge in [0.15, 0.2) is 0 Å². The lowest BCUT2D eigenvalue weighted by atomic mass is 9.93. The average molecular weight is 221 g/mol. The van der Waals surface area contributed by atoms with Crippen molar-refractivity contribution in [3.05, 3.63) is 34.6 Å². The molecule has 2 rings (SSSR count). The second-order valence-corrected chi connectivity index (χ2v) is 5.49. The predicted octanol–water partition coefficient (Wildman–Crippen LogP) is 3.29. The van der Waals surface area contributed by atoms with Crippen molar-refractivity contribution in [3.8, 4) is 0 Å². The third-order valence-corrected chi connectivity index (χ3v) is 3.51. The van der Waals surface area contributed by atoms with Crippen LogP contribution in [0.3, 0.4) is 0 Å². The summed E-state index contributed by atoms with van der Waals surface area (Å²) >= 11 is 0. The largest absolute Gasteiger partial charge is 0.325 e. The smallest absolute Gasteiger partial charge is 0.126 e.